The van der Waals surface area contributed by atoms with Gasteiger partial charge in [0, 0.05) is 36.9 Å². The standard InChI is InChI=1S/C19H25N3O3/c1-13(2)22-17-4-3-14(21-6-9-24-10-7-21)11-15(17)18(19(22)23)16-12-25-8-5-20-16/h3-4,11,13,20H,5-10,12H2,1-2H3/b18-16-. The van der Waals surface area contributed by atoms with Crippen molar-refractivity contribution in [1.82, 2.24) is 5.32 Å². The van der Waals surface area contributed by atoms with E-state index < -0.39 is 0 Å². The number of hydrogen-bond donors (Lipinski definition) is 1. The van der Waals surface area contributed by atoms with Crippen molar-refractivity contribution < 1.29 is 14.3 Å². The number of rotatable bonds is 2. The minimum atomic E-state index is 0.0668. The van der Waals surface area contributed by atoms with Gasteiger partial charge in [0.1, 0.15) is 0 Å². The summed E-state index contributed by atoms with van der Waals surface area (Å²) in [5.74, 6) is 0.0668. The first-order valence-corrected chi connectivity index (χ1v) is 9.02. The molecule has 3 aliphatic rings. The summed E-state index contributed by atoms with van der Waals surface area (Å²) in [6.07, 6.45) is 0. The van der Waals surface area contributed by atoms with Gasteiger partial charge in [-0.15, -0.1) is 0 Å². The minimum Gasteiger partial charge on any atom is -0.383 e. The summed E-state index contributed by atoms with van der Waals surface area (Å²) < 4.78 is 11.0. The van der Waals surface area contributed by atoms with Gasteiger partial charge >= 0.3 is 0 Å². The van der Waals surface area contributed by atoms with Crippen LogP contribution in [0.25, 0.3) is 5.57 Å². The van der Waals surface area contributed by atoms with Gasteiger partial charge in [0.05, 0.1) is 43.4 Å². The van der Waals surface area contributed by atoms with Gasteiger partial charge in [-0.3, -0.25) is 4.79 Å². The molecular weight excluding hydrogens is 318 g/mol. The van der Waals surface area contributed by atoms with E-state index in [1.165, 1.54) is 0 Å². The van der Waals surface area contributed by atoms with Crippen LogP contribution in [0.5, 0.6) is 0 Å². The van der Waals surface area contributed by atoms with Crippen LogP contribution >= 0.6 is 0 Å². The molecule has 1 amide bonds. The number of nitrogens with zero attached hydrogens (tertiary/aromatic N) is 2. The highest BCUT2D eigenvalue weighted by atomic mass is 16.5. The number of anilines is 2. The van der Waals surface area contributed by atoms with Gasteiger partial charge < -0.3 is 24.6 Å². The SMILES string of the molecule is CC(C)N1C(=O)/C(=C2/COCCN2)c2cc(N3CCOCC3)ccc21. The van der Waals surface area contributed by atoms with Crippen LogP contribution in [0.15, 0.2) is 23.9 Å². The topological polar surface area (TPSA) is 54.0 Å². The fraction of sp³-hybridized carbons (Fsp3) is 0.526. The molecule has 0 unspecified atom stereocenters. The average molecular weight is 343 g/mol. The van der Waals surface area contributed by atoms with Crippen LogP contribution < -0.4 is 15.1 Å². The van der Waals surface area contributed by atoms with Crippen LogP contribution in [0.4, 0.5) is 11.4 Å². The number of morpholine rings is 2. The second kappa shape index (κ2) is 6.69. The maximum absolute atomic E-state index is 13.1. The van der Waals surface area contributed by atoms with Crippen molar-refractivity contribution in [2.45, 2.75) is 19.9 Å². The van der Waals surface area contributed by atoms with E-state index >= 15 is 0 Å². The molecular formula is C19H25N3O3. The molecule has 2 fully saturated rings. The summed E-state index contributed by atoms with van der Waals surface area (Å²) in [5, 5.41) is 3.36. The number of benzene rings is 1. The van der Waals surface area contributed by atoms with Crippen molar-refractivity contribution in [3.63, 3.8) is 0 Å². The molecule has 0 bridgehead atoms. The second-order valence-electron chi connectivity index (χ2n) is 6.90. The maximum Gasteiger partial charge on any atom is 0.261 e. The number of ether oxygens (including phenoxy) is 2. The van der Waals surface area contributed by atoms with Gasteiger partial charge in [0.25, 0.3) is 5.91 Å². The largest absolute Gasteiger partial charge is 0.383 e. The third-order valence-corrected chi connectivity index (χ3v) is 4.97. The van der Waals surface area contributed by atoms with Gasteiger partial charge in [-0.25, -0.2) is 0 Å². The molecule has 0 aliphatic carbocycles. The molecule has 3 heterocycles. The van der Waals surface area contributed by atoms with Crippen LogP contribution in [0.3, 0.4) is 0 Å². The molecule has 6 nitrogen and oxygen atoms in total. The van der Waals surface area contributed by atoms with Gasteiger partial charge in [-0.05, 0) is 32.0 Å². The Kier molecular flexibility index (Phi) is 4.39. The number of carbonyl (C=O) groups is 1. The van der Waals surface area contributed by atoms with E-state index in [9.17, 15) is 4.79 Å². The Balaban J connectivity index is 1.79. The fourth-order valence-corrected chi connectivity index (χ4v) is 3.76. The third-order valence-electron chi connectivity index (χ3n) is 4.97. The number of fused-ring (bicyclic) bond motifs is 1. The van der Waals surface area contributed by atoms with Crippen LogP contribution in [0, 0.1) is 0 Å². The lowest BCUT2D eigenvalue weighted by Gasteiger charge is -2.29. The maximum atomic E-state index is 13.1. The van der Waals surface area contributed by atoms with E-state index in [4.69, 9.17) is 9.47 Å². The van der Waals surface area contributed by atoms with Crippen LogP contribution in [0.1, 0.15) is 19.4 Å². The fourth-order valence-electron chi connectivity index (χ4n) is 3.76. The number of nitrogens with one attached hydrogen (secondary N) is 1. The zero-order valence-corrected chi connectivity index (χ0v) is 14.9. The predicted molar refractivity (Wildman–Crippen MR) is 97.8 cm³/mol. The van der Waals surface area contributed by atoms with Crippen molar-refractivity contribution in [1.29, 1.82) is 0 Å². The molecule has 0 spiro atoms. The lowest BCUT2D eigenvalue weighted by molar-refractivity contribution is -0.113. The second-order valence-corrected chi connectivity index (χ2v) is 6.90. The molecule has 25 heavy (non-hydrogen) atoms. The molecule has 6 heteroatoms. The van der Waals surface area contributed by atoms with Crippen molar-refractivity contribution >= 4 is 22.9 Å². The Morgan fingerprint density at radius 1 is 1.12 bits per heavy atom. The Labute approximate surface area is 148 Å². The van der Waals surface area contributed by atoms with Crippen LogP contribution in [0.2, 0.25) is 0 Å². The number of amides is 1. The van der Waals surface area contributed by atoms with Gasteiger partial charge in [0.15, 0.2) is 0 Å². The zero-order valence-electron chi connectivity index (χ0n) is 14.9. The Morgan fingerprint density at radius 2 is 1.92 bits per heavy atom. The highest BCUT2D eigenvalue weighted by Crippen LogP contribution is 2.41. The molecule has 2 saturated heterocycles. The van der Waals surface area contributed by atoms with Crippen molar-refractivity contribution in [3.8, 4) is 0 Å². The smallest absolute Gasteiger partial charge is 0.261 e. The summed E-state index contributed by atoms with van der Waals surface area (Å²) in [5.41, 5.74) is 4.82. The number of hydrogen-bond acceptors (Lipinski definition) is 5. The summed E-state index contributed by atoms with van der Waals surface area (Å²) in [4.78, 5) is 17.3. The lowest BCUT2D eigenvalue weighted by Crippen LogP contribution is -2.36. The molecule has 134 valence electrons. The van der Waals surface area contributed by atoms with E-state index in [0.29, 0.717) is 13.2 Å². The monoisotopic (exact) mass is 343 g/mol. The van der Waals surface area contributed by atoms with E-state index in [1.807, 2.05) is 4.90 Å². The molecule has 3 aliphatic heterocycles. The van der Waals surface area contributed by atoms with Crippen molar-refractivity contribution in [2.24, 2.45) is 0 Å². The van der Waals surface area contributed by atoms with E-state index in [1.54, 1.807) is 0 Å². The van der Waals surface area contributed by atoms with E-state index in [2.05, 4.69) is 42.3 Å². The van der Waals surface area contributed by atoms with Crippen molar-refractivity contribution in [3.05, 3.63) is 29.5 Å². The zero-order chi connectivity index (χ0) is 17.4. The summed E-state index contributed by atoms with van der Waals surface area (Å²) in [6.45, 7) is 9.25. The predicted octanol–water partition coefficient (Wildman–Crippen LogP) is 1.61. The third kappa shape index (κ3) is 2.89. The first-order valence-electron chi connectivity index (χ1n) is 9.02. The van der Waals surface area contributed by atoms with Crippen molar-refractivity contribution in [2.75, 3.05) is 55.9 Å². The quantitative estimate of drug-likeness (QED) is 0.827. The first-order chi connectivity index (χ1) is 12.2. The Hall–Kier alpha value is -2.05. The Morgan fingerprint density at radius 3 is 2.60 bits per heavy atom. The molecule has 0 aromatic heterocycles. The minimum absolute atomic E-state index is 0.0668. The van der Waals surface area contributed by atoms with Crippen LogP contribution in [-0.2, 0) is 14.3 Å². The lowest BCUT2D eigenvalue weighted by atomic mass is 10.0. The molecule has 0 atom stereocenters. The summed E-state index contributed by atoms with van der Waals surface area (Å²) in [6, 6.07) is 6.46. The highest BCUT2D eigenvalue weighted by Gasteiger charge is 2.37. The van der Waals surface area contributed by atoms with Gasteiger partial charge in [-0.1, -0.05) is 0 Å². The molecule has 1 aromatic carbocycles. The molecule has 0 radical (unpaired) electrons. The van der Waals surface area contributed by atoms with Gasteiger partial charge in [0.2, 0.25) is 0 Å². The average Bonchev–Trinajstić information content (AvgIpc) is 2.94. The molecule has 4 rings (SSSR count). The van der Waals surface area contributed by atoms with Crippen LogP contribution in [-0.4, -0.2) is 58.0 Å². The normalized spacial score (nSPS) is 23.9. The molecule has 0 saturated carbocycles. The highest BCUT2D eigenvalue weighted by molar-refractivity contribution is 6.33. The van der Waals surface area contributed by atoms with Gasteiger partial charge in [-0.2, -0.15) is 0 Å². The Bertz CT molecular complexity index is 700. The van der Waals surface area contributed by atoms with E-state index in [0.717, 1.165) is 61.1 Å². The first kappa shape index (κ1) is 16.4. The molecule has 1 N–H and O–H groups in total. The summed E-state index contributed by atoms with van der Waals surface area (Å²) >= 11 is 0. The van der Waals surface area contributed by atoms with E-state index in [-0.39, 0.29) is 11.9 Å². The summed E-state index contributed by atoms with van der Waals surface area (Å²) in [7, 11) is 0. The molecule has 1 aromatic rings. The number of carbonyl (C=O) groups excluding carboxylic acids is 1.